The molecule has 0 saturated carbocycles. The summed E-state index contributed by atoms with van der Waals surface area (Å²) in [6, 6.07) is 9.53. The lowest BCUT2D eigenvalue weighted by atomic mass is 10.2. The Kier molecular flexibility index (Phi) is 5.85. The number of benzene rings is 1. The van der Waals surface area contributed by atoms with Crippen LogP contribution in [0.4, 0.5) is 5.69 Å². The molecule has 1 aromatic heterocycles. The zero-order valence-electron chi connectivity index (χ0n) is 12.5. The zero-order valence-corrected chi connectivity index (χ0v) is 13.4. The summed E-state index contributed by atoms with van der Waals surface area (Å²) < 4.78 is 5.53. The zero-order chi connectivity index (χ0) is 15.8. The third-order valence-corrected chi connectivity index (χ3v) is 3.08. The van der Waals surface area contributed by atoms with Crippen molar-refractivity contribution in [2.45, 2.75) is 13.8 Å². The monoisotopic (exact) mass is 314 g/mol. The highest BCUT2D eigenvalue weighted by molar-refractivity contribution is 7.80. The molecular weight excluding hydrogens is 296 g/mol. The van der Waals surface area contributed by atoms with E-state index in [4.69, 9.17) is 17.0 Å². The predicted molar refractivity (Wildman–Crippen MR) is 93.5 cm³/mol. The molecule has 0 saturated heterocycles. The quantitative estimate of drug-likeness (QED) is 0.504. The topological polar surface area (TPSA) is 58.5 Å². The van der Waals surface area contributed by atoms with Gasteiger partial charge in [-0.05, 0) is 49.8 Å². The van der Waals surface area contributed by atoms with E-state index in [0.29, 0.717) is 11.7 Å². The molecule has 2 N–H and O–H groups in total. The smallest absolute Gasteiger partial charge is 0.191 e. The Morgan fingerprint density at radius 2 is 2.18 bits per heavy atom. The molecule has 0 aliphatic heterocycles. The minimum atomic E-state index is 0.393. The maximum absolute atomic E-state index is 5.53. The number of hydrogen-bond donors (Lipinski definition) is 2. The van der Waals surface area contributed by atoms with Crippen LogP contribution in [0.25, 0.3) is 0 Å². The molecule has 1 aromatic carbocycles. The van der Waals surface area contributed by atoms with Crippen molar-refractivity contribution in [1.82, 2.24) is 10.4 Å². The van der Waals surface area contributed by atoms with Crippen LogP contribution in [0.2, 0.25) is 0 Å². The normalized spacial score (nSPS) is 10.5. The Balaban J connectivity index is 1.95. The van der Waals surface area contributed by atoms with Gasteiger partial charge in [-0.1, -0.05) is 12.1 Å². The van der Waals surface area contributed by atoms with Crippen LogP contribution in [-0.2, 0) is 0 Å². The van der Waals surface area contributed by atoms with Crippen molar-refractivity contribution in [1.29, 1.82) is 0 Å². The van der Waals surface area contributed by atoms with Gasteiger partial charge in [0.25, 0.3) is 0 Å². The van der Waals surface area contributed by atoms with Gasteiger partial charge in [0.05, 0.1) is 18.5 Å². The average Bonchev–Trinajstić information content (AvgIpc) is 2.51. The van der Waals surface area contributed by atoms with E-state index < -0.39 is 0 Å². The Hall–Kier alpha value is -2.47. The van der Waals surface area contributed by atoms with Gasteiger partial charge >= 0.3 is 0 Å². The Morgan fingerprint density at radius 3 is 2.95 bits per heavy atom. The van der Waals surface area contributed by atoms with Crippen LogP contribution in [-0.4, -0.2) is 22.9 Å². The maximum Gasteiger partial charge on any atom is 0.191 e. The number of para-hydroxylation sites is 2. The molecule has 0 bridgehead atoms. The molecule has 0 amide bonds. The van der Waals surface area contributed by atoms with Gasteiger partial charge in [0.2, 0.25) is 0 Å². The summed E-state index contributed by atoms with van der Waals surface area (Å²) in [6.45, 7) is 4.53. The number of aromatic nitrogens is 1. The minimum Gasteiger partial charge on any atom is -0.492 e. The summed E-state index contributed by atoms with van der Waals surface area (Å²) in [6.07, 6.45) is 5.18. The van der Waals surface area contributed by atoms with E-state index in [0.717, 1.165) is 22.6 Å². The fourth-order valence-electron chi connectivity index (χ4n) is 1.77. The molecule has 2 aromatic rings. The Bertz CT molecular complexity index is 673. The SMILES string of the molecule is CCOc1ccccc1NC(=S)NN=Cc1cnccc1C. The fraction of sp³-hybridized carbons (Fsp3) is 0.188. The van der Waals surface area contributed by atoms with Crippen LogP contribution in [0.15, 0.2) is 47.8 Å². The van der Waals surface area contributed by atoms with Gasteiger partial charge in [-0.15, -0.1) is 0 Å². The van der Waals surface area contributed by atoms with Gasteiger partial charge in [-0.2, -0.15) is 5.10 Å². The Morgan fingerprint density at radius 1 is 1.36 bits per heavy atom. The maximum atomic E-state index is 5.53. The number of pyridine rings is 1. The highest BCUT2D eigenvalue weighted by atomic mass is 32.1. The first-order valence-corrected chi connectivity index (χ1v) is 7.34. The molecular formula is C16H18N4OS. The second-order valence-corrected chi connectivity index (χ2v) is 4.89. The van der Waals surface area contributed by atoms with Gasteiger partial charge in [0.1, 0.15) is 5.75 Å². The first-order chi connectivity index (χ1) is 10.7. The lowest BCUT2D eigenvalue weighted by Gasteiger charge is -2.12. The Labute approximate surface area is 135 Å². The number of thiocarbonyl (C=S) groups is 1. The first-order valence-electron chi connectivity index (χ1n) is 6.93. The van der Waals surface area contributed by atoms with Crippen molar-refractivity contribution in [2.75, 3.05) is 11.9 Å². The number of anilines is 1. The molecule has 2 rings (SSSR count). The summed E-state index contributed by atoms with van der Waals surface area (Å²) in [5.74, 6) is 0.751. The van der Waals surface area contributed by atoms with E-state index >= 15 is 0 Å². The van der Waals surface area contributed by atoms with E-state index in [1.165, 1.54) is 0 Å². The standard InChI is InChI=1S/C16H18N4OS/c1-3-21-15-7-5-4-6-14(15)19-16(22)20-18-11-13-10-17-9-8-12(13)2/h4-11H,3H2,1-2H3,(H2,19,20,22). The van der Waals surface area contributed by atoms with Crippen LogP contribution < -0.4 is 15.5 Å². The van der Waals surface area contributed by atoms with Crippen molar-refractivity contribution in [3.05, 3.63) is 53.9 Å². The fourth-order valence-corrected chi connectivity index (χ4v) is 1.94. The second kappa shape index (κ2) is 8.09. The lowest BCUT2D eigenvalue weighted by molar-refractivity contribution is 0.342. The molecule has 22 heavy (non-hydrogen) atoms. The van der Waals surface area contributed by atoms with E-state index in [-0.39, 0.29) is 0 Å². The molecule has 6 heteroatoms. The third kappa shape index (κ3) is 4.53. The number of ether oxygens (including phenoxy) is 1. The molecule has 1 heterocycles. The van der Waals surface area contributed by atoms with Gasteiger partial charge in [-0.3, -0.25) is 10.4 Å². The number of nitrogens with zero attached hydrogens (tertiary/aromatic N) is 2. The number of nitrogens with one attached hydrogen (secondary N) is 2. The van der Waals surface area contributed by atoms with Crippen molar-refractivity contribution in [3.8, 4) is 5.75 Å². The van der Waals surface area contributed by atoms with Gasteiger partial charge in [0.15, 0.2) is 5.11 Å². The highest BCUT2D eigenvalue weighted by Crippen LogP contribution is 2.23. The molecule has 0 radical (unpaired) electrons. The molecule has 0 fully saturated rings. The van der Waals surface area contributed by atoms with Crippen LogP contribution in [0, 0.1) is 6.92 Å². The van der Waals surface area contributed by atoms with E-state index in [1.54, 1.807) is 18.6 Å². The summed E-state index contributed by atoms with van der Waals surface area (Å²) in [5, 5.41) is 7.57. The molecule has 114 valence electrons. The second-order valence-electron chi connectivity index (χ2n) is 4.49. The van der Waals surface area contributed by atoms with Crippen molar-refractivity contribution >= 4 is 29.2 Å². The number of hydrazone groups is 1. The average molecular weight is 314 g/mol. The number of rotatable bonds is 5. The third-order valence-electron chi connectivity index (χ3n) is 2.88. The van der Waals surface area contributed by atoms with E-state index in [1.807, 2.05) is 44.2 Å². The summed E-state index contributed by atoms with van der Waals surface area (Å²) in [4.78, 5) is 4.06. The molecule has 5 nitrogen and oxygen atoms in total. The molecule has 0 spiro atoms. The number of hydrogen-bond acceptors (Lipinski definition) is 4. The van der Waals surface area contributed by atoms with Crippen molar-refractivity contribution in [3.63, 3.8) is 0 Å². The van der Waals surface area contributed by atoms with Crippen LogP contribution in [0.1, 0.15) is 18.1 Å². The van der Waals surface area contributed by atoms with E-state index in [9.17, 15) is 0 Å². The summed E-state index contributed by atoms with van der Waals surface area (Å²) in [5.41, 5.74) is 5.62. The van der Waals surface area contributed by atoms with E-state index in [2.05, 4.69) is 20.8 Å². The molecule has 0 aliphatic rings. The van der Waals surface area contributed by atoms with Crippen LogP contribution >= 0.6 is 12.2 Å². The van der Waals surface area contributed by atoms with Crippen molar-refractivity contribution < 1.29 is 4.74 Å². The van der Waals surface area contributed by atoms with Crippen LogP contribution in [0.5, 0.6) is 5.75 Å². The summed E-state index contributed by atoms with van der Waals surface area (Å²) in [7, 11) is 0. The molecule has 0 unspecified atom stereocenters. The largest absolute Gasteiger partial charge is 0.492 e. The predicted octanol–water partition coefficient (Wildman–Crippen LogP) is 3.11. The number of aryl methyl sites for hydroxylation is 1. The first kappa shape index (κ1) is 15.9. The van der Waals surface area contributed by atoms with Crippen molar-refractivity contribution in [2.24, 2.45) is 5.10 Å². The van der Waals surface area contributed by atoms with Gasteiger partial charge < -0.3 is 10.1 Å². The highest BCUT2D eigenvalue weighted by Gasteiger charge is 2.03. The van der Waals surface area contributed by atoms with Gasteiger partial charge in [-0.25, -0.2) is 0 Å². The molecule has 0 atom stereocenters. The van der Waals surface area contributed by atoms with Gasteiger partial charge in [0, 0.05) is 18.0 Å². The van der Waals surface area contributed by atoms with Crippen LogP contribution in [0.3, 0.4) is 0 Å². The minimum absolute atomic E-state index is 0.393. The molecule has 0 aliphatic carbocycles. The summed E-state index contributed by atoms with van der Waals surface area (Å²) >= 11 is 5.22. The lowest BCUT2D eigenvalue weighted by Crippen LogP contribution is -2.24.